The molecule has 3 heterocycles. The topological polar surface area (TPSA) is 94.9 Å². The zero-order valence-electron chi connectivity index (χ0n) is 24.3. The summed E-state index contributed by atoms with van der Waals surface area (Å²) in [5.74, 6) is -0.327. The van der Waals surface area contributed by atoms with E-state index in [-0.39, 0.29) is 46.4 Å². The number of hydrogen-bond acceptors (Lipinski definition) is 6. The molecule has 1 saturated heterocycles. The molecule has 0 aromatic carbocycles. The number of aliphatic imine (C=N–C) groups is 1. The molecule has 0 saturated carbocycles. The predicted octanol–water partition coefficient (Wildman–Crippen LogP) is 5.33. The van der Waals surface area contributed by atoms with E-state index in [1.807, 2.05) is 25.7 Å². The molecule has 2 aliphatic rings. The first-order valence-electron chi connectivity index (χ1n) is 13.7. The third-order valence-corrected chi connectivity index (χ3v) is 7.62. The van der Waals surface area contributed by atoms with Gasteiger partial charge in [-0.1, -0.05) is 32.0 Å². The van der Waals surface area contributed by atoms with Crippen molar-refractivity contribution in [3.63, 3.8) is 0 Å². The molecule has 1 aliphatic carbocycles. The number of rotatable bonds is 7. The van der Waals surface area contributed by atoms with E-state index in [2.05, 4.69) is 21.5 Å². The Hall–Kier alpha value is -3.99. The van der Waals surface area contributed by atoms with Gasteiger partial charge in [-0.05, 0) is 44.1 Å². The maximum atomic E-state index is 15.0. The SMILES string of the molecule is C=CC(=O)N1CCN(C(=NC)c2cc(Cl)c(C3=CC(F)CC=C3F)nc2N(C=O)c2c(C)ncnc2C(C)C)C(C)C1. The molecular formula is C30H34ClF2N7O2. The quantitative estimate of drug-likeness (QED) is 0.185. The number of amides is 2. The molecule has 2 amide bonds. The number of aryl methyl sites for hydroxylation is 1. The Labute approximate surface area is 249 Å². The number of carbonyl (C=O) groups excluding carboxylic acids is 2. The van der Waals surface area contributed by atoms with Gasteiger partial charge >= 0.3 is 0 Å². The molecular weight excluding hydrogens is 564 g/mol. The van der Waals surface area contributed by atoms with Gasteiger partial charge in [-0.2, -0.15) is 0 Å². The smallest absolute Gasteiger partial charge is 0.246 e. The Balaban J connectivity index is 1.95. The second kappa shape index (κ2) is 12.9. The van der Waals surface area contributed by atoms with Crippen LogP contribution in [0.3, 0.4) is 0 Å². The first kappa shape index (κ1) is 31.0. The van der Waals surface area contributed by atoms with Crippen molar-refractivity contribution in [3.05, 3.63) is 70.7 Å². The second-order valence-corrected chi connectivity index (χ2v) is 10.9. The molecule has 2 aromatic rings. The number of nitrogens with zero attached hydrogens (tertiary/aromatic N) is 7. The summed E-state index contributed by atoms with van der Waals surface area (Å²) in [7, 11) is 1.61. The molecule has 2 aromatic heterocycles. The number of pyridine rings is 1. The highest BCUT2D eigenvalue weighted by Crippen LogP contribution is 2.39. The number of hydrogen-bond donors (Lipinski definition) is 0. The van der Waals surface area contributed by atoms with Gasteiger partial charge in [-0.3, -0.25) is 19.5 Å². The van der Waals surface area contributed by atoms with E-state index in [0.717, 1.165) is 12.2 Å². The molecule has 9 nitrogen and oxygen atoms in total. The lowest BCUT2D eigenvalue weighted by molar-refractivity contribution is -0.128. The lowest BCUT2D eigenvalue weighted by Crippen LogP contribution is -2.55. The van der Waals surface area contributed by atoms with E-state index in [1.54, 1.807) is 24.9 Å². The third kappa shape index (κ3) is 5.97. The highest BCUT2D eigenvalue weighted by molar-refractivity contribution is 6.33. The van der Waals surface area contributed by atoms with Gasteiger partial charge in [0.25, 0.3) is 0 Å². The van der Waals surface area contributed by atoms with Crippen LogP contribution in [0.25, 0.3) is 5.57 Å². The number of alkyl halides is 1. The lowest BCUT2D eigenvalue weighted by atomic mass is 9.99. The van der Waals surface area contributed by atoms with Crippen molar-refractivity contribution in [2.75, 3.05) is 31.6 Å². The Morgan fingerprint density at radius 1 is 1.31 bits per heavy atom. The lowest BCUT2D eigenvalue weighted by Gasteiger charge is -2.41. The van der Waals surface area contributed by atoms with Crippen molar-refractivity contribution in [2.45, 2.75) is 52.2 Å². The minimum absolute atomic E-state index is 0.0103. The van der Waals surface area contributed by atoms with Crippen LogP contribution in [0.1, 0.15) is 55.8 Å². The maximum absolute atomic E-state index is 15.0. The summed E-state index contributed by atoms with van der Waals surface area (Å²) in [6, 6.07) is 1.40. The summed E-state index contributed by atoms with van der Waals surface area (Å²) >= 11 is 6.73. The Morgan fingerprint density at radius 3 is 2.67 bits per heavy atom. The number of anilines is 2. The second-order valence-electron chi connectivity index (χ2n) is 10.5. The average molecular weight is 598 g/mol. The molecule has 4 rings (SSSR count). The van der Waals surface area contributed by atoms with Gasteiger partial charge in [0.05, 0.1) is 33.4 Å². The van der Waals surface area contributed by atoms with Gasteiger partial charge in [0, 0.05) is 44.7 Å². The van der Waals surface area contributed by atoms with Crippen molar-refractivity contribution >= 4 is 46.8 Å². The number of carbonyl (C=O) groups is 2. The van der Waals surface area contributed by atoms with Crippen molar-refractivity contribution in [3.8, 4) is 0 Å². The summed E-state index contributed by atoms with van der Waals surface area (Å²) in [5, 5.41) is 0.0582. The van der Waals surface area contributed by atoms with Crippen LogP contribution in [0, 0.1) is 6.92 Å². The van der Waals surface area contributed by atoms with E-state index in [4.69, 9.17) is 16.6 Å². The molecule has 0 radical (unpaired) electrons. The first-order chi connectivity index (χ1) is 20.0. The first-order valence-corrected chi connectivity index (χ1v) is 14.0. The van der Waals surface area contributed by atoms with Crippen LogP contribution in [0.5, 0.6) is 0 Å². The summed E-state index contributed by atoms with van der Waals surface area (Å²) in [4.78, 5) is 48.2. The van der Waals surface area contributed by atoms with Gasteiger partial charge in [-0.15, -0.1) is 0 Å². The van der Waals surface area contributed by atoms with Crippen LogP contribution in [0.15, 0.2) is 48.0 Å². The van der Waals surface area contributed by atoms with Crippen LogP contribution < -0.4 is 4.90 Å². The average Bonchev–Trinajstić information content (AvgIpc) is 2.96. The fourth-order valence-electron chi connectivity index (χ4n) is 5.28. The molecule has 0 spiro atoms. The largest absolute Gasteiger partial charge is 0.350 e. The third-order valence-electron chi connectivity index (χ3n) is 7.33. The highest BCUT2D eigenvalue weighted by atomic mass is 35.5. The van der Waals surface area contributed by atoms with Crippen molar-refractivity contribution in [1.82, 2.24) is 24.8 Å². The molecule has 12 heteroatoms. The normalized spacial score (nSPS) is 19.4. The van der Waals surface area contributed by atoms with E-state index in [0.29, 0.717) is 54.5 Å². The van der Waals surface area contributed by atoms with Crippen LogP contribution in [-0.2, 0) is 9.59 Å². The van der Waals surface area contributed by atoms with E-state index < -0.39 is 12.0 Å². The number of amidine groups is 1. The van der Waals surface area contributed by atoms with Gasteiger partial charge < -0.3 is 9.80 Å². The fraction of sp³-hybridized carbons (Fsp3) is 0.400. The standard InChI is InChI=1S/C30H34ClF2N7O2/c1-7-25(42)38-10-11-39(18(4)14-38)29(34-6)22-13-23(31)27(21-12-20(32)8-9-24(21)33)37-30(22)40(16-41)28-19(5)35-15-36-26(28)17(2)3/h7,9,12-13,15-18,20H,1,8,10-11,14H2,2-6H3. The molecule has 2 atom stereocenters. The number of halogens is 3. The minimum Gasteiger partial charge on any atom is -0.350 e. The van der Waals surface area contributed by atoms with Crippen molar-refractivity contribution in [1.29, 1.82) is 0 Å². The number of aromatic nitrogens is 3. The van der Waals surface area contributed by atoms with E-state index in [9.17, 15) is 14.0 Å². The van der Waals surface area contributed by atoms with Crippen LogP contribution in [-0.4, -0.2) is 81.8 Å². The van der Waals surface area contributed by atoms with Crippen LogP contribution >= 0.6 is 11.6 Å². The fourth-order valence-corrected chi connectivity index (χ4v) is 5.54. The van der Waals surface area contributed by atoms with Crippen LogP contribution in [0.2, 0.25) is 5.02 Å². The molecule has 0 N–H and O–H groups in total. The summed E-state index contributed by atoms with van der Waals surface area (Å²) in [6.45, 7) is 12.4. The Bertz CT molecular complexity index is 1490. The van der Waals surface area contributed by atoms with Crippen LogP contribution in [0.4, 0.5) is 20.3 Å². The molecule has 42 heavy (non-hydrogen) atoms. The highest BCUT2D eigenvalue weighted by Gasteiger charge is 2.33. The predicted molar refractivity (Wildman–Crippen MR) is 160 cm³/mol. The monoisotopic (exact) mass is 597 g/mol. The van der Waals surface area contributed by atoms with E-state index in [1.165, 1.54) is 17.3 Å². The Kier molecular flexibility index (Phi) is 9.50. The van der Waals surface area contributed by atoms with Gasteiger partial charge in [0.1, 0.15) is 24.2 Å². The Morgan fingerprint density at radius 2 is 2.05 bits per heavy atom. The minimum atomic E-state index is -1.41. The number of allylic oxidation sites excluding steroid dienone is 4. The summed E-state index contributed by atoms with van der Waals surface area (Å²) < 4.78 is 29.4. The molecule has 222 valence electrons. The van der Waals surface area contributed by atoms with Crippen molar-refractivity contribution in [2.24, 2.45) is 4.99 Å². The van der Waals surface area contributed by atoms with Gasteiger partial charge in [0.2, 0.25) is 12.3 Å². The summed E-state index contributed by atoms with van der Waals surface area (Å²) in [5.41, 5.74) is 1.84. The van der Waals surface area contributed by atoms with Crippen molar-refractivity contribution < 1.29 is 18.4 Å². The van der Waals surface area contributed by atoms with Gasteiger partial charge in [-0.25, -0.2) is 23.7 Å². The zero-order valence-corrected chi connectivity index (χ0v) is 25.1. The zero-order chi connectivity index (χ0) is 30.7. The summed E-state index contributed by atoms with van der Waals surface area (Å²) in [6.07, 6.45) is 4.09. The number of piperazine rings is 1. The molecule has 1 aliphatic heterocycles. The molecule has 2 unspecified atom stereocenters. The molecule has 0 bridgehead atoms. The van der Waals surface area contributed by atoms with Gasteiger partial charge in [0.15, 0.2) is 5.82 Å². The maximum Gasteiger partial charge on any atom is 0.246 e. The van der Waals surface area contributed by atoms with E-state index >= 15 is 4.39 Å². The molecule has 1 fully saturated rings.